The van der Waals surface area contributed by atoms with Crippen LogP contribution in [0.25, 0.3) is 11.4 Å². The van der Waals surface area contributed by atoms with Gasteiger partial charge in [0.15, 0.2) is 11.5 Å². The molecule has 2 aromatic carbocycles. The molecule has 3 rings (SSSR count). The molecular weight excluding hydrogens is 346 g/mol. The predicted molar refractivity (Wildman–Crippen MR) is 101 cm³/mol. The van der Waals surface area contributed by atoms with Crippen LogP contribution in [0.1, 0.15) is 37.3 Å². The van der Waals surface area contributed by atoms with E-state index in [0.29, 0.717) is 23.0 Å². The van der Waals surface area contributed by atoms with Crippen LogP contribution in [0.4, 0.5) is 0 Å². The lowest BCUT2D eigenvalue weighted by molar-refractivity contribution is 0.130. The molecule has 7 heteroatoms. The Morgan fingerprint density at radius 2 is 2.00 bits per heavy atom. The highest BCUT2D eigenvalue weighted by atomic mass is 16.6. The molecule has 0 aliphatic heterocycles. The maximum atomic E-state index is 9.56. The van der Waals surface area contributed by atoms with Crippen LogP contribution in [0.15, 0.2) is 52.1 Å². The molecule has 0 fully saturated rings. The Kier molecular flexibility index (Phi) is 5.71. The van der Waals surface area contributed by atoms with E-state index < -0.39 is 0 Å². The summed E-state index contributed by atoms with van der Waals surface area (Å²) in [6.45, 7) is 4.09. The van der Waals surface area contributed by atoms with Crippen molar-refractivity contribution in [1.82, 2.24) is 10.1 Å². The summed E-state index contributed by atoms with van der Waals surface area (Å²) in [7, 11) is 0. The number of hydrogen-bond acceptors (Lipinski definition) is 7. The molecule has 0 saturated heterocycles. The fourth-order valence-electron chi connectivity index (χ4n) is 2.49. The summed E-state index contributed by atoms with van der Waals surface area (Å²) >= 11 is 0. The van der Waals surface area contributed by atoms with E-state index in [1.54, 1.807) is 13.0 Å². The smallest absolute Gasteiger partial charge is 0.226 e. The van der Waals surface area contributed by atoms with Gasteiger partial charge in [-0.25, -0.2) is 0 Å². The third-order valence-electron chi connectivity index (χ3n) is 3.94. The SMILES string of the molecule is CCCc1nc(-c2cccc(CO/N=C(\C)c3ccc(O)c(O)c3)c2)no1. The lowest BCUT2D eigenvalue weighted by Crippen LogP contribution is -1.97. The molecule has 1 heterocycles. The first-order chi connectivity index (χ1) is 13.1. The van der Waals surface area contributed by atoms with Crippen LogP contribution < -0.4 is 0 Å². The van der Waals surface area contributed by atoms with Crippen molar-refractivity contribution in [2.24, 2.45) is 5.16 Å². The number of aromatic hydroxyl groups is 2. The van der Waals surface area contributed by atoms with Crippen molar-refractivity contribution >= 4 is 5.71 Å². The van der Waals surface area contributed by atoms with Crippen LogP contribution in [-0.4, -0.2) is 26.1 Å². The van der Waals surface area contributed by atoms with E-state index >= 15 is 0 Å². The van der Waals surface area contributed by atoms with Gasteiger partial charge < -0.3 is 19.6 Å². The topological polar surface area (TPSA) is 101 Å². The number of nitrogens with zero attached hydrogens (tertiary/aromatic N) is 3. The number of benzene rings is 2. The van der Waals surface area contributed by atoms with Crippen molar-refractivity contribution in [1.29, 1.82) is 0 Å². The highest BCUT2D eigenvalue weighted by molar-refractivity contribution is 5.98. The van der Waals surface area contributed by atoms with Gasteiger partial charge in [0.05, 0.1) is 5.71 Å². The summed E-state index contributed by atoms with van der Waals surface area (Å²) in [6, 6.07) is 12.2. The molecule has 0 unspecified atom stereocenters. The zero-order chi connectivity index (χ0) is 19.2. The third-order valence-corrected chi connectivity index (χ3v) is 3.94. The second-order valence-corrected chi connectivity index (χ2v) is 6.12. The number of phenols is 2. The molecule has 0 aliphatic rings. The standard InChI is InChI=1S/C20H21N3O4/c1-3-5-19-21-20(23-27-19)16-7-4-6-14(10-16)12-26-22-13(2)15-8-9-17(24)18(25)11-15/h4,6-11,24-25H,3,5,12H2,1-2H3/b22-13+. The first-order valence-electron chi connectivity index (χ1n) is 8.67. The van der Waals surface area contributed by atoms with Gasteiger partial charge in [0.2, 0.25) is 11.7 Å². The number of rotatable bonds is 7. The predicted octanol–water partition coefficient (Wildman–Crippen LogP) is 4.04. The van der Waals surface area contributed by atoms with Crippen LogP contribution in [0.5, 0.6) is 11.5 Å². The number of aryl methyl sites for hydroxylation is 1. The third kappa shape index (κ3) is 4.63. The monoisotopic (exact) mass is 367 g/mol. The highest BCUT2D eigenvalue weighted by Crippen LogP contribution is 2.25. The molecule has 140 valence electrons. The van der Waals surface area contributed by atoms with Crippen molar-refractivity contribution in [3.05, 3.63) is 59.5 Å². The summed E-state index contributed by atoms with van der Waals surface area (Å²) < 4.78 is 5.23. The van der Waals surface area contributed by atoms with Gasteiger partial charge in [0, 0.05) is 17.5 Å². The summed E-state index contributed by atoms with van der Waals surface area (Å²) in [5, 5.41) is 27.0. The maximum Gasteiger partial charge on any atom is 0.226 e. The fraction of sp³-hybridized carbons (Fsp3) is 0.250. The molecule has 0 spiro atoms. The first-order valence-corrected chi connectivity index (χ1v) is 8.67. The van der Waals surface area contributed by atoms with Crippen molar-refractivity contribution in [2.45, 2.75) is 33.3 Å². The molecule has 27 heavy (non-hydrogen) atoms. The van der Waals surface area contributed by atoms with Crippen molar-refractivity contribution in [2.75, 3.05) is 0 Å². The van der Waals surface area contributed by atoms with E-state index in [0.717, 1.165) is 24.0 Å². The molecule has 0 bridgehead atoms. The summed E-state index contributed by atoms with van der Waals surface area (Å²) in [4.78, 5) is 9.80. The second-order valence-electron chi connectivity index (χ2n) is 6.12. The van der Waals surface area contributed by atoms with Gasteiger partial charge in [-0.1, -0.05) is 35.4 Å². The minimum atomic E-state index is -0.197. The van der Waals surface area contributed by atoms with Gasteiger partial charge in [-0.2, -0.15) is 4.98 Å². The molecule has 1 aromatic heterocycles. The van der Waals surface area contributed by atoms with Gasteiger partial charge in [-0.05, 0) is 43.2 Å². The highest BCUT2D eigenvalue weighted by Gasteiger charge is 2.09. The lowest BCUT2D eigenvalue weighted by Gasteiger charge is -2.05. The van der Waals surface area contributed by atoms with Crippen molar-refractivity contribution in [3.63, 3.8) is 0 Å². The van der Waals surface area contributed by atoms with Crippen molar-refractivity contribution < 1.29 is 19.6 Å². The zero-order valence-corrected chi connectivity index (χ0v) is 15.2. The van der Waals surface area contributed by atoms with Crippen LogP contribution >= 0.6 is 0 Å². The Morgan fingerprint density at radius 1 is 1.15 bits per heavy atom. The van der Waals surface area contributed by atoms with Gasteiger partial charge in [0.1, 0.15) is 6.61 Å². The molecule has 0 amide bonds. The maximum absolute atomic E-state index is 9.56. The zero-order valence-electron chi connectivity index (χ0n) is 15.2. The second kappa shape index (κ2) is 8.35. The van der Waals surface area contributed by atoms with Gasteiger partial charge in [0.25, 0.3) is 0 Å². The molecule has 7 nitrogen and oxygen atoms in total. The average Bonchev–Trinajstić information content (AvgIpc) is 3.13. The molecule has 0 aliphatic carbocycles. The minimum absolute atomic E-state index is 0.173. The van der Waals surface area contributed by atoms with E-state index in [4.69, 9.17) is 9.36 Å². The molecular formula is C20H21N3O4. The molecule has 2 N–H and O–H groups in total. The molecule has 0 atom stereocenters. The van der Waals surface area contributed by atoms with Crippen LogP contribution in [-0.2, 0) is 17.9 Å². The number of hydrogen-bond donors (Lipinski definition) is 2. The minimum Gasteiger partial charge on any atom is -0.504 e. The van der Waals surface area contributed by atoms with E-state index in [9.17, 15) is 10.2 Å². The lowest BCUT2D eigenvalue weighted by atomic mass is 10.1. The Hall–Kier alpha value is -3.35. The summed E-state index contributed by atoms with van der Waals surface area (Å²) in [5.74, 6) is 0.816. The number of oxime groups is 1. The van der Waals surface area contributed by atoms with Gasteiger partial charge >= 0.3 is 0 Å². The van der Waals surface area contributed by atoms with E-state index in [1.807, 2.05) is 24.3 Å². The quantitative estimate of drug-likeness (QED) is 0.371. The van der Waals surface area contributed by atoms with Crippen LogP contribution in [0.3, 0.4) is 0 Å². The average molecular weight is 367 g/mol. The van der Waals surface area contributed by atoms with E-state index in [-0.39, 0.29) is 18.1 Å². The number of phenolic OH excluding ortho intramolecular Hbond substituents is 2. The fourth-order valence-corrected chi connectivity index (χ4v) is 2.49. The normalized spacial score (nSPS) is 11.6. The first kappa shape index (κ1) is 18.4. The molecule has 3 aromatic rings. The molecule has 0 radical (unpaired) electrons. The summed E-state index contributed by atoms with van der Waals surface area (Å²) in [6.07, 6.45) is 1.71. The van der Waals surface area contributed by atoms with E-state index in [2.05, 4.69) is 22.2 Å². The van der Waals surface area contributed by atoms with Crippen LogP contribution in [0, 0.1) is 0 Å². The summed E-state index contributed by atoms with van der Waals surface area (Å²) in [5.41, 5.74) is 3.02. The van der Waals surface area contributed by atoms with Crippen LogP contribution in [0.2, 0.25) is 0 Å². The Balaban J connectivity index is 1.66. The van der Waals surface area contributed by atoms with Gasteiger partial charge in [-0.15, -0.1) is 0 Å². The largest absolute Gasteiger partial charge is 0.504 e. The number of aromatic nitrogens is 2. The Bertz CT molecular complexity index is 950. The Labute approximate surface area is 156 Å². The van der Waals surface area contributed by atoms with Crippen molar-refractivity contribution in [3.8, 4) is 22.9 Å². The molecule has 0 saturated carbocycles. The Morgan fingerprint density at radius 3 is 2.78 bits per heavy atom. The van der Waals surface area contributed by atoms with E-state index in [1.165, 1.54) is 12.1 Å². The van der Waals surface area contributed by atoms with Gasteiger partial charge in [-0.3, -0.25) is 0 Å².